The molecule has 1 aromatic heterocycles. The SMILES string of the molecule is CCC(C)NCC(=O)Nc1snc(C)c1C(=O)O. The molecule has 1 heterocycles. The Morgan fingerprint density at radius 2 is 2.17 bits per heavy atom. The van der Waals surface area contributed by atoms with Gasteiger partial charge in [0.25, 0.3) is 0 Å². The molecule has 1 aromatic rings. The first-order valence-corrected chi connectivity index (χ1v) is 6.45. The molecule has 0 bridgehead atoms. The van der Waals surface area contributed by atoms with Gasteiger partial charge in [0.2, 0.25) is 5.91 Å². The Kier molecular flexibility index (Phi) is 5.24. The summed E-state index contributed by atoms with van der Waals surface area (Å²) in [6, 6.07) is 0.248. The van der Waals surface area contributed by atoms with Crippen LogP contribution in [-0.2, 0) is 4.79 Å². The number of aryl methyl sites for hydroxylation is 1. The number of nitrogens with one attached hydrogen (secondary N) is 2. The summed E-state index contributed by atoms with van der Waals surface area (Å²) in [4.78, 5) is 22.6. The minimum Gasteiger partial charge on any atom is -0.478 e. The van der Waals surface area contributed by atoms with Crippen molar-refractivity contribution in [2.75, 3.05) is 11.9 Å². The van der Waals surface area contributed by atoms with Gasteiger partial charge in [-0.3, -0.25) is 4.79 Å². The highest BCUT2D eigenvalue weighted by Crippen LogP contribution is 2.24. The fourth-order valence-corrected chi connectivity index (χ4v) is 2.09. The number of amides is 1. The highest BCUT2D eigenvalue weighted by Gasteiger charge is 2.19. The van der Waals surface area contributed by atoms with Crippen LogP contribution < -0.4 is 10.6 Å². The van der Waals surface area contributed by atoms with E-state index in [1.807, 2.05) is 13.8 Å². The minimum atomic E-state index is -1.08. The molecule has 1 rings (SSSR count). The zero-order chi connectivity index (χ0) is 13.7. The van der Waals surface area contributed by atoms with Crippen molar-refractivity contribution in [2.24, 2.45) is 0 Å². The molecule has 1 unspecified atom stereocenters. The quantitative estimate of drug-likeness (QED) is 0.729. The highest BCUT2D eigenvalue weighted by atomic mass is 32.1. The van der Waals surface area contributed by atoms with Crippen molar-refractivity contribution in [1.29, 1.82) is 0 Å². The van der Waals surface area contributed by atoms with E-state index in [4.69, 9.17) is 5.11 Å². The summed E-state index contributed by atoms with van der Waals surface area (Å²) in [6.45, 7) is 5.76. The van der Waals surface area contributed by atoms with E-state index in [1.54, 1.807) is 6.92 Å². The second-order valence-corrected chi connectivity index (χ2v) is 4.79. The zero-order valence-corrected chi connectivity index (χ0v) is 11.4. The molecule has 0 saturated carbocycles. The van der Waals surface area contributed by atoms with Crippen LogP contribution in [0.1, 0.15) is 36.3 Å². The molecule has 3 N–H and O–H groups in total. The van der Waals surface area contributed by atoms with Gasteiger partial charge in [-0.05, 0) is 31.8 Å². The van der Waals surface area contributed by atoms with Crippen LogP contribution in [0.15, 0.2) is 0 Å². The van der Waals surface area contributed by atoms with Crippen LogP contribution in [-0.4, -0.2) is 33.9 Å². The van der Waals surface area contributed by atoms with Gasteiger partial charge in [0, 0.05) is 6.04 Å². The van der Waals surface area contributed by atoms with Crippen molar-refractivity contribution in [2.45, 2.75) is 33.2 Å². The van der Waals surface area contributed by atoms with E-state index in [0.717, 1.165) is 18.0 Å². The molecule has 1 atom stereocenters. The number of carboxylic acid groups (broad SMARTS) is 1. The van der Waals surface area contributed by atoms with Crippen LogP contribution in [0.5, 0.6) is 0 Å². The fourth-order valence-electron chi connectivity index (χ4n) is 1.29. The maximum absolute atomic E-state index is 11.6. The van der Waals surface area contributed by atoms with Gasteiger partial charge in [0.1, 0.15) is 10.6 Å². The Morgan fingerprint density at radius 1 is 1.50 bits per heavy atom. The summed E-state index contributed by atoms with van der Waals surface area (Å²) >= 11 is 0.982. The van der Waals surface area contributed by atoms with Gasteiger partial charge in [0.05, 0.1) is 12.2 Å². The third-order valence-corrected chi connectivity index (χ3v) is 3.41. The van der Waals surface area contributed by atoms with Gasteiger partial charge >= 0.3 is 5.97 Å². The van der Waals surface area contributed by atoms with Gasteiger partial charge < -0.3 is 15.7 Å². The average molecular weight is 271 g/mol. The molecule has 0 radical (unpaired) electrons. The average Bonchev–Trinajstić information content (AvgIpc) is 2.67. The molecule has 1 amide bonds. The maximum Gasteiger partial charge on any atom is 0.340 e. The fraction of sp³-hybridized carbons (Fsp3) is 0.545. The van der Waals surface area contributed by atoms with Crippen molar-refractivity contribution in [1.82, 2.24) is 9.69 Å². The molecule has 0 aliphatic carbocycles. The minimum absolute atomic E-state index is 0.0666. The molecule has 0 fully saturated rings. The molecule has 0 aliphatic rings. The summed E-state index contributed by atoms with van der Waals surface area (Å²) in [5, 5.41) is 14.9. The largest absolute Gasteiger partial charge is 0.478 e. The third kappa shape index (κ3) is 3.78. The van der Waals surface area contributed by atoms with Crippen LogP contribution >= 0.6 is 11.5 Å². The Hall–Kier alpha value is -1.47. The Balaban J connectivity index is 2.62. The maximum atomic E-state index is 11.6. The molecular weight excluding hydrogens is 254 g/mol. The normalized spacial score (nSPS) is 12.2. The number of carbonyl (C=O) groups is 2. The predicted octanol–water partition coefficient (Wildman–Crippen LogP) is 1.48. The molecule has 0 aromatic carbocycles. The number of aromatic carboxylic acids is 1. The van der Waals surface area contributed by atoms with E-state index in [0.29, 0.717) is 5.69 Å². The highest BCUT2D eigenvalue weighted by molar-refractivity contribution is 7.11. The van der Waals surface area contributed by atoms with Crippen molar-refractivity contribution in [3.63, 3.8) is 0 Å². The van der Waals surface area contributed by atoms with E-state index in [9.17, 15) is 9.59 Å². The Labute approximate surface area is 110 Å². The van der Waals surface area contributed by atoms with Gasteiger partial charge in [-0.2, -0.15) is 4.37 Å². The Bertz CT molecular complexity index is 445. The molecule has 18 heavy (non-hydrogen) atoms. The van der Waals surface area contributed by atoms with Crippen molar-refractivity contribution < 1.29 is 14.7 Å². The topological polar surface area (TPSA) is 91.3 Å². The molecule has 100 valence electrons. The standard InChI is InChI=1S/C11H17N3O3S/c1-4-6(2)12-5-8(15)13-10-9(11(16)17)7(3)14-18-10/h6,12H,4-5H2,1-3H3,(H,13,15)(H,16,17). The summed E-state index contributed by atoms with van der Waals surface area (Å²) in [5.41, 5.74) is 0.481. The first-order chi connectivity index (χ1) is 8.45. The number of aromatic nitrogens is 1. The Morgan fingerprint density at radius 3 is 2.72 bits per heavy atom. The summed E-state index contributed by atoms with van der Waals surface area (Å²) in [7, 11) is 0. The predicted molar refractivity (Wildman–Crippen MR) is 70.2 cm³/mol. The first-order valence-electron chi connectivity index (χ1n) is 5.68. The monoisotopic (exact) mass is 271 g/mol. The van der Waals surface area contributed by atoms with Gasteiger partial charge in [-0.1, -0.05) is 6.92 Å². The lowest BCUT2D eigenvalue weighted by atomic mass is 10.2. The van der Waals surface area contributed by atoms with Crippen LogP contribution in [0, 0.1) is 6.92 Å². The lowest BCUT2D eigenvalue weighted by Crippen LogP contribution is -2.34. The number of anilines is 1. The van der Waals surface area contributed by atoms with Crippen molar-refractivity contribution in [3.8, 4) is 0 Å². The number of nitrogens with zero attached hydrogens (tertiary/aromatic N) is 1. The van der Waals surface area contributed by atoms with E-state index in [2.05, 4.69) is 15.0 Å². The van der Waals surface area contributed by atoms with Crippen molar-refractivity contribution >= 4 is 28.4 Å². The zero-order valence-electron chi connectivity index (χ0n) is 10.6. The van der Waals surface area contributed by atoms with Gasteiger partial charge in [0.15, 0.2) is 0 Å². The lowest BCUT2D eigenvalue weighted by molar-refractivity contribution is -0.115. The van der Waals surface area contributed by atoms with E-state index in [-0.39, 0.29) is 29.1 Å². The molecule has 0 spiro atoms. The number of carboxylic acids is 1. The van der Waals surface area contributed by atoms with E-state index >= 15 is 0 Å². The van der Waals surface area contributed by atoms with Gasteiger partial charge in [-0.15, -0.1) is 0 Å². The smallest absolute Gasteiger partial charge is 0.340 e. The molecular formula is C11H17N3O3S. The first kappa shape index (κ1) is 14.6. The lowest BCUT2D eigenvalue weighted by Gasteiger charge is -2.10. The third-order valence-electron chi connectivity index (χ3n) is 2.55. The van der Waals surface area contributed by atoms with Gasteiger partial charge in [-0.25, -0.2) is 4.79 Å². The van der Waals surface area contributed by atoms with Crippen molar-refractivity contribution in [3.05, 3.63) is 11.3 Å². The second kappa shape index (κ2) is 6.46. The summed E-state index contributed by atoms with van der Waals surface area (Å²) in [5.74, 6) is -1.34. The van der Waals surface area contributed by atoms with E-state index in [1.165, 1.54) is 0 Å². The van der Waals surface area contributed by atoms with Crippen LogP contribution in [0.3, 0.4) is 0 Å². The number of carbonyl (C=O) groups excluding carboxylic acids is 1. The molecule has 0 saturated heterocycles. The second-order valence-electron chi connectivity index (χ2n) is 4.02. The molecule has 0 aliphatic heterocycles. The van der Waals surface area contributed by atoms with Crippen LogP contribution in [0.4, 0.5) is 5.00 Å². The van der Waals surface area contributed by atoms with Crippen LogP contribution in [0.2, 0.25) is 0 Å². The number of hydrogen-bond acceptors (Lipinski definition) is 5. The molecule has 6 nitrogen and oxygen atoms in total. The number of hydrogen-bond donors (Lipinski definition) is 3. The van der Waals surface area contributed by atoms with E-state index < -0.39 is 5.97 Å². The van der Waals surface area contributed by atoms with Crippen LogP contribution in [0.25, 0.3) is 0 Å². The summed E-state index contributed by atoms with van der Waals surface area (Å²) in [6.07, 6.45) is 0.924. The molecule has 7 heteroatoms. The summed E-state index contributed by atoms with van der Waals surface area (Å²) < 4.78 is 3.93. The number of rotatable bonds is 6.